The Kier molecular flexibility index (Phi) is 13.9. The lowest BCUT2D eigenvalue weighted by atomic mass is 10.0. The van der Waals surface area contributed by atoms with E-state index in [4.69, 9.17) is 14.2 Å². The van der Waals surface area contributed by atoms with Crippen LogP contribution in [-0.4, -0.2) is 77.0 Å². The first-order chi connectivity index (χ1) is 24.9. The Hall–Kier alpha value is -5.29. The van der Waals surface area contributed by atoms with Crippen molar-refractivity contribution in [2.45, 2.75) is 44.9 Å². The van der Waals surface area contributed by atoms with Crippen molar-refractivity contribution in [1.82, 2.24) is 15.2 Å². The number of aliphatic hydroxyl groups is 2. The number of rotatable bonds is 19. The van der Waals surface area contributed by atoms with Gasteiger partial charge in [-0.2, -0.15) is 0 Å². The Bertz CT molecular complexity index is 1820. The highest BCUT2D eigenvalue weighted by Gasteiger charge is 2.22. The summed E-state index contributed by atoms with van der Waals surface area (Å²) in [6.07, 6.45) is 2.18. The second kappa shape index (κ2) is 19.2. The Morgan fingerprint density at radius 2 is 1.63 bits per heavy atom. The molecule has 1 aromatic heterocycles. The smallest absolute Gasteiger partial charge is 0.305 e. The molecule has 5 aromatic rings. The summed E-state index contributed by atoms with van der Waals surface area (Å²) in [6, 6.07) is 33.9. The van der Waals surface area contributed by atoms with Crippen LogP contribution in [0.1, 0.15) is 41.3 Å². The van der Waals surface area contributed by atoms with Crippen LogP contribution in [-0.2, 0) is 22.5 Å². The van der Waals surface area contributed by atoms with Crippen molar-refractivity contribution in [1.29, 1.82) is 0 Å². The van der Waals surface area contributed by atoms with E-state index in [0.717, 1.165) is 16.5 Å². The molecule has 0 aliphatic rings. The fourth-order valence-electron chi connectivity index (χ4n) is 5.72. The van der Waals surface area contributed by atoms with Crippen LogP contribution in [0.25, 0.3) is 10.9 Å². The van der Waals surface area contributed by atoms with Crippen LogP contribution in [0.2, 0.25) is 0 Å². The topological polar surface area (TPSA) is 130 Å². The first-order valence-corrected chi connectivity index (χ1v) is 17.3. The molecular formula is C41H45N3O7. The van der Waals surface area contributed by atoms with E-state index < -0.39 is 6.10 Å². The van der Waals surface area contributed by atoms with E-state index in [9.17, 15) is 19.8 Å². The van der Waals surface area contributed by atoms with Gasteiger partial charge in [0.2, 0.25) is 0 Å². The van der Waals surface area contributed by atoms with Gasteiger partial charge in [-0.3, -0.25) is 19.5 Å². The van der Waals surface area contributed by atoms with E-state index in [1.54, 1.807) is 31.3 Å². The van der Waals surface area contributed by atoms with Gasteiger partial charge in [-0.1, -0.05) is 60.7 Å². The molecule has 5 rings (SSSR count). The summed E-state index contributed by atoms with van der Waals surface area (Å²) < 4.78 is 17.0. The zero-order valence-electron chi connectivity index (χ0n) is 28.8. The summed E-state index contributed by atoms with van der Waals surface area (Å²) in [6.45, 7) is 3.39. The molecule has 0 unspecified atom stereocenters. The molecule has 4 aromatic carbocycles. The molecule has 266 valence electrons. The highest BCUT2D eigenvalue weighted by atomic mass is 16.5. The molecule has 0 aliphatic carbocycles. The molecule has 0 aliphatic heterocycles. The Morgan fingerprint density at radius 3 is 2.35 bits per heavy atom. The molecule has 0 bridgehead atoms. The van der Waals surface area contributed by atoms with Crippen molar-refractivity contribution in [3.63, 3.8) is 0 Å². The number of fused-ring (bicyclic) bond motifs is 1. The van der Waals surface area contributed by atoms with Gasteiger partial charge in [0.15, 0.2) is 0 Å². The average molecular weight is 692 g/mol. The van der Waals surface area contributed by atoms with Gasteiger partial charge in [0.05, 0.1) is 18.7 Å². The Balaban J connectivity index is 1.21. The van der Waals surface area contributed by atoms with Crippen molar-refractivity contribution in [3.8, 4) is 17.2 Å². The molecule has 0 saturated heterocycles. The third-order valence-corrected chi connectivity index (χ3v) is 8.32. The monoisotopic (exact) mass is 691 g/mol. The van der Waals surface area contributed by atoms with Gasteiger partial charge in [0.25, 0.3) is 5.91 Å². The molecule has 0 fully saturated rings. The first-order valence-electron chi connectivity index (χ1n) is 17.3. The number of benzene rings is 4. The van der Waals surface area contributed by atoms with Crippen LogP contribution < -0.4 is 14.8 Å². The van der Waals surface area contributed by atoms with E-state index in [1.165, 1.54) is 0 Å². The largest absolute Gasteiger partial charge is 0.491 e. The molecule has 0 radical (unpaired) electrons. The standard InChI is InChI=1S/C41H45N3O7/c1-2-49-40(47)14-9-22-43-41(48)32-17-20-37-38(25-32)42-23-21-39(37)51-36-18-15-30(16-19-36)24-33(28-45)44(26-31-10-5-3-6-11-31)27-34(46)29-50-35-12-7-4-8-13-35/h3-8,10-13,15-21,23,25,33-34,45-46H,2,9,14,22,24,26-29H2,1H3,(H,43,48)/t33-,34-/m0/s1. The number of nitrogens with zero attached hydrogens (tertiary/aromatic N) is 2. The fourth-order valence-corrected chi connectivity index (χ4v) is 5.72. The van der Waals surface area contributed by atoms with Crippen molar-refractivity contribution < 1.29 is 34.0 Å². The van der Waals surface area contributed by atoms with Crippen molar-refractivity contribution in [2.24, 2.45) is 0 Å². The van der Waals surface area contributed by atoms with Crippen LogP contribution in [0, 0.1) is 0 Å². The van der Waals surface area contributed by atoms with Crippen LogP contribution in [0.5, 0.6) is 17.2 Å². The van der Waals surface area contributed by atoms with Gasteiger partial charge in [-0.05, 0) is 79.4 Å². The van der Waals surface area contributed by atoms with Crippen LogP contribution in [0.3, 0.4) is 0 Å². The van der Waals surface area contributed by atoms with Crippen LogP contribution in [0.4, 0.5) is 0 Å². The number of hydrogen-bond donors (Lipinski definition) is 3. The maximum atomic E-state index is 12.7. The third-order valence-electron chi connectivity index (χ3n) is 8.32. The number of aliphatic hydroxyl groups excluding tert-OH is 2. The normalized spacial score (nSPS) is 12.3. The van der Waals surface area contributed by atoms with Gasteiger partial charge in [-0.15, -0.1) is 0 Å². The zero-order valence-corrected chi connectivity index (χ0v) is 28.8. The van der Waals surface area contributed by atoms with E-state index in [0.29, 0.717) is 67.4 Å². The van der Waals surface area contributed by atoms with Gasteiger partial charge >= 0.3 is 5.97 Å². The second-order valence-electron chi connectivity index (χ2n) is 12.2. The highest BCUT2D eigenvalue weighted by Crippen LogP contribution is 2.30. The molecule has 10 heteroatoms. The number of nitrogens with one attached hydrogen (secondary N) is 1. The molecule has 1 amide bonds. The number of para-hydroxylation sites is 1. The van der Waals surface area contributed by atoms with Crippen molar-refractivity contribution >= 4 is 22.8 Å². The van der Waals surface area contributed by atoms with Crippen LogP contribution in [0.15, 0.2) is 115 Å². The van der Waals surface area contributed by atoms with Crippen molar-refractivity contribution in [2.75, 3.05) is 32.9 Å². The van der Waals surface area contributed by atoms with Crippen LogP contribution >= 0.6 is 0 Å². The molecule has 2 atom stereocenters. The predicted octanol–water partition coefficient (Wildman–Crippen LogP) is 5.95. The minimum atomic E-state index is -0.762. The van der Waals surface area contributed by atoms with E-state index in [2.05, 4.69) is 15.2 Å². The average Bonchev–Trinajstić information content (AvgIpc) is 3.16. The number of carbonyl (C=O) groups excluding carboxylic acids is 2. The predicted molar refractivity (Wildman–Crippen MR) is 196 cm³/mol. The van der Waals surface area contributed by atoms with Gasteiger partial charge < -0.3 is 29.7 Å². The SMILES string of the molecule is CCOC(=O)CCCNC(=O)c1ccc2c(Oc3ccc(C[C@@H](CO)N(Cc4ccccc4)C[C@H](O)COc4ccccc4)cc3)ccnc2c1. The summed E-state index contributed by atoms with van der Waals surface area (Å²) in [5.74, 6) is 1.40. The summed E-state index contributed by atoms with van der Waals surface area (Å²) in [5.41, 5.74) is 3.17. The summed E-state index contributed by atoms with van der Waals surface area (Å²) >= 11 is 0. The van der Waals surface area contributed by atoms with Gasteiger partial charge in [-0.25, -0.2) is 0 Å². The molecule has 0 spiro atoms. The van der Waals surface area contributed by atoms with E-state index in [1.807, 2.05) is 91.0 Å². The lowest BCUT2D eigenvalue weighted by Gasteiger charge is -2.32. The van der Waals surface area contributed by atoms with E-state index in [-0.39, 0.29) is 37.6 Å². The van der Waals surface area contributed by atoms with Gasteiger partial charge in [0, 0.05) is 49.2 Å². The Labute approximate surface area is 298 Å². The lowest BCUT2D eigenvalue weighted by molar-refractivity contribution is -0.143. The number of amides is 1. The summed E-state index contributed by atoms with van der Waals surface area (Å²) in [4.78, 5) is 30.8. The zero-order chi connectivity index (χ0) is 35.8. The highest BCUT2D eigenvalue weighted by molar-refractivity contribution is 5.98. The minimum absolute atomic E-state index is 0.0893. The number of pyridine rings is 1. The number of aromatic nitrogens is 1. The molecular weight excluding hydrogens is 646 g/mol. The second-order valence-corrected chi connectivity index (χ2v) is 12.2. The first kappa shape index (κ1) is 37.0. The molecule has 51 heavy (non-hydrogen) atoms. The maximum absolute atomic E-state index is 12.7. The lowest BCUT2D eigenvalue weighted by Crippen LogP contribution is -2.44. The quantitative estimate of drug-likeness (QED) is 0.0711. The molecule has 3 N–H and O–H groups in total. The summed E-state index contributed by atoms with van der Waals surface area (Å²) in [7, 11) is 0. The number of hydrogen-bond acceptors (Lipinski definition) is 9. The number of carbonyl (C=O) groups is 2. The van der Waals surface area contributed by atoms with E-state index >= 15 is 0 Å². The maximum Gasteiger partial charge on any atom is 0.305 e. The number of esters is 1. The minimum Gasteiger partial charge on any atom is -0.491 e. The van der Waals surface area contributed by atoms with Gasteiger partial charge in [0.1, 0.15) is 30.0 Å². The molecule has 0 saturated carbocycles. The summed E-state index contributed by atoms with van der Waals surface area (Å²) in [5, 5.41) is 25.1. The Morgan fingerprint density at radius 1 is 0.882 bits per heavy atom. The molecule has 1 heterocycles. The fraction of sp³-hybridized carbons (Fsp3) is 0.293. The third kappa shape index (κ3) is 11.4. The number of ether oxygens (including phenoxy) is 3. The molecule has 10 nitrogen and oxygen atoms in total. The van der Waals surface area contributed by atoms with Crippen molar-refractivity contribution in [3.05, 3.63) is 132 Å².